The summed E-state index contributed by atoms with van der Waals surface area (Å²) in [5, 5.41) is 22.2. The summed E-state index contributed by atoms with van der Waals surface area (Å²) in [6.07, 6.45) is 4.90. The third kappa shape index (κ3) is 4.45. The maximum Gasteiger partial charge on any atom is 0.193 e. The Hall–Kier alpha value is -2.82. The number of aryl methyl sites for hydroxylation is 1. The Morgan fingerprint density at radius 3 is 2.78 bits per heavy atom. The van der Waals surface area contributed by atoms with E-state index >= 15 is 4.39 Å². The van der Waals surface area contributed by atoms with E-state index in [4.69, 9.17) is 15.2 Å². The van der Waals surface area contributed by atoms with Crippen LogP contribution >= 0.6 is 11.8 Å². The minimum atomic E-state index is -1.54. The van der Waals surface area contributed by atoms with Crippen LogP contribution in [0.4, 0.5) is 10.1 Å². The summed E-state index contributed by atoms with van der Waals surface area (Å²) in [6.45, 7) is 5.13. The van der Waals surface area contributed by atoms with E-state index in [1.807, 2.05) is 37.3 Å². The number of halogens is 1. The lowest BCUT2D eigenvalue weighted by Gasteiger charge is -2.59. The lowest BCUT2D eigenvalue weighted by Crippen LogP contribution is -2.63. The summed E-state index contributed by atoms with van der Waals surface area (Å²) in [5.74, 6) is -0.724. The molecule has 0 radical (unpaired) electrons. The first-order valence-electron chi connectivity index (χ1n) is 15.8. The molecule has 0 aromatic heterocycles. The van der Waals surface area contributed by atoms with Gasteiger partial charge in [-0.2, -0.15) is 0 Å². The molecular weight excluding hydrogens is 593 g/mol. The predicted octanol–water partition coefficient (Wildman–Crippen LogP) is 5.61. The van der Waals surface area contributed by atoms with Crippen LogP contribution in [0.3, 0.4) is 0 Å². The van der Waals surface area contributed by atoms with Crippen molar-refractivity contribution in [2.75, 3.05) is 12.3 Å². The van der Waals surface area contributed by atoms with Crippen molar-refractivity contribution < 1.29 is 33.7 Å². The quantitative estimate of drug-likeness (QED) is 0.278. The minimum Gasteiger partial charge on any atom is -0.399 e. The Labute approximate surface area is 267 Å². The average Bonchev–Trinajstić information content (AvgIpc) is 3.49. The molecule has 7 rings (SSSR count). The Balaban J connectivity index is 1.21. The molecule has 2 aromatic rings. The number of anilines is 1. The van der Waals surface area contributed by atoms with Crippen molar-refractivity contribution >= 4 is 29.0 Å². The fourth-order valence-corrected chi connectivity index (χ4v) is 10.7. The van der Waals surface area contributed by atoms with E-state index in [2.05, 4.69) is 6.92 Å². The van der Waals surface area contributed by atoms with Crippen molar-refractivity contribution in [3.8, 4) is 0 Å². The first-order chi connectivity index (χ1) is 21.4. The lowest BCUT2D eigenvalue weighted by atomic mass is 9.46. The number of allylic oxidation sites excluding steroid dienone is 4. The van der Waals surface area contributed by atoms with Crippen molar-refractivity contribution in [3.05, 3.63) is 82.7 Å². The number of ketones is 2. The Morgan fingerprint density at radius 2 is 2.02 bits per heavy atom. The maximum atomic E-state index is 16.3. The zero-order valence-electron chi connectivity index (χ0n) is 25.8. The number of rotatable bonds is 6. The first-order valence-corrected chi connectivity index (χ1v) is 16.8. The Bertz CT molecular complexity index is 1640. The summed E-state index contributed by atoms with van der Waals surface area (Å²) in [6, 6.07) is 11.0. The summed E-state index contributed by atoms with van der Waals surface area (Å²) in [5.41, 5.74) is 6.13. The van der Waals surface area contributed by atoms with Crippen LogP contribution in [0.2, 0.25) is 0 Å². The van der Waals surface area contributed by atoms with Crippen LogP contribution in [-0.2, 0) is 24.8 Å². The highest BCUT2D eigenvalue weighted by molar-refractivity contribution is 7.98. The van der Waals surface area contributed by atoms with Gasteiger partial charge >= 0.3 is 0 Å². The SMILES string of the molecule is Cc1ccc(CSc2cccc(N)c2)c(F)c1[C@@H]1O[C@@H]2CC3[C@@H]4CCC5=CC(=O)C=C[C@]5(C)C4[C@@H](O)C[C@]3(C)[C@]2(C(=O)CO)O1. The van der Waals surface area contributed by atoms with E-state index in [1.165, 1.54) is 11.8 Å². The number of nitrogen functional groups attached to an aromatic ring is 1. The molecule has 238 valence electrons. The van der Waals surface area contributed by atoms with Crippen LogP contribution < -0.4 is 5.73 Å². The van der Waals surface area contributed by atoms with Crippen molar-refractivity contribution in [3.63, 3.8) is 0 Å². The number of Topliss-reactive ketones (excluding diaryl/α,β-unsaturated/α-hetero) is 1. The number of benzene rings is 2. The van der Waals surface area contributed by atoms with E-state index in [1.54, 1.807) is 31.2 Å². The van der Waals surface area contributed by atoms with Gasteiger partial charge in [-0.1, -0.05) is 43.7 Å². The Morgan fingerprint density at radius 1 is 1.22 bits per heavy atom. The van der Waals surface area contributed by atoms with Gasteiger partial charge in [0.1, 0.15) is 12.4 Å². The smallest absolute Gasteiger partial charge is 0.193 e. The van der Waals surface area contributed by atoms with Crippen LogP contribution in [-0.4, -0.2) is 46.2 Å². The van der Waals surface area contributed by atoms with Gasteiger partial charge in [0.05, 0.1) is 12.2 Å². The van der Waals surface area contributed by atoms with Gasteiger partial charge in [-0.25, -0.2) is 4.39 Å². The molecule has 5 aliphatic rings. The molecule has 45 heavy (non-hydrogen) atoms. The number of carbonyl (C=O) groups is 2. The van der Waals surface area contributed by atoms with Crippen LogP contribution in [0, 0.1) is 41.3 Å². The van der Waals surface area contributed by atoms with Gasteiger partial charge in [0.15, 0.2) is 23.5 Å². The number of aliphatic hydroxyl groups excluding tert-OH is 2. The molecule has 0 spiro atoms. The fraction of sp³-hybridized carbons (Fsp3) is 0.500. The summed E-state index contributed by atoms with van der Waals surface area (Å²) < 4.78 is 29.5. The molecule has 9 atom stereocenters. The highest BCUT2D eigenvalue weighted by atomic mass is 32.2. The van der Waals surface area contributed by atoms with Crippen LogP contribution in [0.1, 0.15) is 62.5 Å². The largest absolute Gasteiger partial charge is 0.399 e. The molecule has 1 aliphatic heterocycles. The van der Waals surface area contributed by atoms with Crippen molar-refractivity contribution in [2.24, 2.45) is 28.6 Å². The highest BCUT2D eigenvalue weighted by Crippen LogP contribution is 2.70. The number of hydrogen-bond donors (Lipinski definition) is 3. The summed E-state index contributed by atoms with van der Waals surface area (Å²) in [7, 11) is 0. The van der Waals surface area contributed by atoms with E-state index in [-0.39, 0.29) is 35.5 Å². The standard InChI is InChI=1S/C36H40FNO6S/c1-19-7-8-20(18-45-24-6-4-5-22(38)14-24)32(37)30(19)33-43-29-15-26-25-10-9-21-13-23(40)11-12-34(21,2)31(25)27(41)16-35(26,3)36(29,44-33)28(42)17-39/h4-8,11-14,25-27,29,31,33,39,41H,9-10,15-18,38H2,1-3H3/t25-,26?,27-,29+,31?,33+,34-,35-,36+/m0/s1. The molecule has 3 saturated carbocycles. The van der Waals surface area contributed by atoms with Crippen LogP contribution in [0.15, 0.2) is 65.1 Å². The van der Waals surface area contributed by atoms with Crippen molar-refractivity contribution in [2.45, 2.75) is 81.2 Å². The number of fused-ring (bicyclic) bond motifs is 7. The van der Waals surface area contributed by atoms with Gasteiger partial charge in [0.2, 0.25) is 0 Å². The molecule has 1 saturated heterocycles. The van der Waals surface area contributed by atoms with Gasteiger partial charge < -0.3 is 25.4 Å². The molecule has 7 nitrogen and oxygen atoms in total. The maximum absolute atomic E-state index is 16.3. The molecule has 0 bridgehead atoms. The van der Waals surface area contributed by atoms with E-state index in [9.17, 15) is 19.8 Å². The number of carbonyl (C=O) groups excluding carboxylic acids is 2. The van der Waals surface area contributed by atoms with E-state index in [0.717, 1.165) is 23.3 Å². The first kappa shape index (κ1) is 30.8. The second kappa shape index (κ2) is 10.9. The number of hydrogen-bond acceptors (Lipinski definition) is 8. The Kier molecular flexibility index (Phi) is 7.45. The van der Waals surface area contributed by atoms with Crippen molar-refractivity contribution in [1.29, 1.82) is 0 Å². The molecular formula is C36H40FNO6S. The topological polar surface area (TPSA) is 119 Å². The number of ether oxygens (including phenoxy) is 2. The minimum absolute atomic E-state index is 0.0262. The van der Waals surface area contributed by atoms with Gasteiger partial charge in [-0.15, -0.1) is 11.8 Å². The third-order valence-electron chi connectivity index (χ3n) is 11.8. The molecule has 4 fully saturated rings. The number of aliphatic hydroxyl groups is 2. The summed E-state index contributed by atoms with van der Waals surface area (Å²) in [4.78, 5) is 27.0. The normalized spacial score (nSPS) is 38.3. The molecule has 2 aromatic carbocycles. The van der Waals surface area contributed by atoms with E-state index < -0.39 is 53.1 Å². The predicted molar refractivity (Wildman–Crippen MR) is 168 cm³/mol. The average molecular weight is 634 g/mol. The van der Waals surface area contributed by atoms with Gasteiger partial charge in [0, 0.05) is 38.6 Å². The van der Waals surface area contributed by atoms with Crippen LogP contribution in [0.25, 0.3) is 0 Å². The van der Waals surface area contributed by atoms with Crippen LogP contribution in [0.5, 0.6) is 0 Å². The second-order valence-electron chi connectivity index (χ2n) is 14.0. The number of thioether (sulfide) groups is 1. The molecule has 0 amide bonds. The zero-order valence-corrected chi connectivity index (χ0v) is 26.6. The fourth-order valence-electron chi connectivity index (χ4n) is 9.72. The molecule has 2 unspecified atom stereocenters. The molecule has 4 N–H and O–H groups in total. The second-order valence-corrected chi connectivity index (χ2v) is 15.0. The van der Waals surface area contributed by atoms with Crippen molar-refractivity contribution in [1.82, 2.24) is 0 Å². The van der Waals surface area contributed by atoms with Gasteiger partial charge in [-0.3, -0.25) is 9.59 Å². The lowest BCUT2D eigenvalue weighted by molar-refractivity contribution is -0.201. The van der Waals surface area contributed by atoms with Gasteiger partial charge in [-0.05, 0) is 85.9 Å². The molecule has 9 heteroatoms. The molecule has 1 heterocycles. The third-order valence-corrected chi connectivity index (χ3v) is 12.8. The number of nitrogens with two attached hydrogens (primary N) is 1. The molecule has 4 aliphatic carbocycles. The highest BCUT2D eigenvalue weighted by Gasteiger charge is 2.76. The van der Waals surface area contributed by atoms with Gasteiger partial charge in [0.25, 0.3) is 0 Å². The monoisotopic (exact) mass is 633 g/mol. The van der Waals surface area contributed by atoms with E-state index in [0.29, 0.717) is 29.0 Å². The summed E-state index contributed by atoms with van der Waals surface area (Å²) >= 11 is 1.47. The zero-order chi connectivity index (χ0) is 31.9.